The van der Waals surface area contributed by atoms with E-state index in [0.29, 0.717) is 23.1 Å². The molecule has 4 aromatic carbocycles. The van der Waals surface area contributed by atoms with Crippen molar-refractivity contribution in [1.29, 1.82) is 0 Å². The summed E-state index contributed by atoms with van der Waals surface area (Å²) in [7, 11) is -3.98. The Morgan fingerprint density at radius 2 is 1.66 bits per heavy atom. The van der Waals surface area contributed by atoms with Crippen molar-refractivity contribution in [3.8, 4) is 5.75 Å². The van der Waals surface area contributed by atoms with Crippen LogP contribution in [0.3, 0.4) is 0 Å². The van der Waals surface area contributed by atoms with E-state index in [1.807, 2.05) is 24.3 Å². The normalized spacial score (nSPS) is 11.3. The fourth-order valence-electron chi connectivity index (χ4n) is 3.65. The molecule has 38 heavy (non-hydrogen) atoms. The number of sulfonamides is 1. The molecule has 0 saturated carbocycles. The van der Waals surface area contributed by atoms with Crippen molar-refractivity contribution in [3.63, 3.8) is 0 Å². The Hall–Kier alpha value is -4.14. The Morgan fingerprint density at radius 1 is 0.947 bits per heavy atom. The first-order chi connectivity index (χ1) is 18.3. The van der Waals surface area contributed by atoms with Crippen LogP contribution in [0.1, 0.15) is 16.7 Å². The van der Waals surface area contributed by atoms with E-state index in [9.17, 15) is 13.2 Å². The van der Waals surface area contributed by atoms with Crippen molar-refractivity contribution in [3.05, 3.63) is 125 Å². The molecule has 9 heteroatoms. The van der Waals surface area contributed by atoms with Gasteiger partial charge in [0.2, 0.25) is 0 Å². The van der Waals surface area contributed by atoms with Crippen LogP contribution in [0.2, 0.25) is 5.02 Å². The van der Waals surface area contributed by atoms with Crippen LogP contribution in [0, 0.1) is 6.92 Å². The second kappa shape index (κ2) is 12.4. The number of nitrogens with zero attached hydrogens (tertiary/aromatic N) is 2. The molecule has 0 radical (unpaired) electrons. The van der Waals surface area contributed by atoms with Crippen LogP contribution >= 0.6 is 11.6 Å². The molecule has 0 aliphatic carbocycles. The molecule has 1 amide bonds. The van der Waals surface area contributed by atoms with Crippen LogP contribution < -0.4 is 14.5 Å². The number of anilines is 1. The minimum Gasteiger partial charge on any atom is -0.489 e. The van der Waals surface area contributed by atoms with Gasteiger partial charge in [-0.2, -0.15) is 5.10 Å². The van der Waals surface area contributed by atoms with Crippen molar-refractivity contribution >= 4 is 39.4 Å². The maximum absolute atomic E-state index is 13.4. The molecule has 7 nitrogen and oxygen atoms in total. The quantitative estimate of drug-likeness (QED) is 0.207. The summed E-state index contributed by atoms with van der Waals surface area (Å²) in [5.74, 6) is 0.0941. The fourth-order valence-corrected chi connectivity index (χ4v) is 5.37. The third kappa shape index (κ3) is 7.00. The SMILES string of the molecule is Cc1ccccc1N(CC(=O)N/N=C\c1ccc(OCc2cccc(Cl)c2)cc1)S(=O)(=O)c1ccccc1. The number of hydrogen-bond donors (Lipinski definition) is 1. The number of aryl methyl sites for hydroxylation is 1. The lowest BCUT2D eigenvalue weighted by Gasteiger charge is -2.25. The molecule has 4 rings (SSSR count). The van der Waals surface area contributed by atoms with E-state index in [1.165, 1.54) is 18.3 Å². The first-order valence-electron chi connectivity index (χ1n) is 11.8. The number of halogens is 1. The van der Waals surface area contributed by atoms with Gasteiger partial charge in [-0.15, -0.1) is 0 Å². The highest BCUT2D eigenvalue weighted by Crippen LogP contribution is 2.26. The number of carbonyl (C=O) groups is 1. The van der Waals surface area contributed by atoms with Crippen LogP contribution in [0.15, 0.2) is 113 Å². The molecule has 0 aromatic heterocycles. The molecule has 0 spiro atoms. The van der Waals surface area contributed by atoms with E-state index >= 15 is 0 Å². The molecular weight excluding hydrogens is 522 g/mol. The van der Waals surface area contributed by atoms with Gasteiger partial charge in [-0.1, -0.05) is 60.1 Å². The van der Waals surface area contributed by atoms with Crippen LogP contribution in [0.25, 0.3) is 0 Å². The zero-order valence-corrected chi connectivity index (χ0v) is 22.2. The summed E-state index contributed by atoms with van der Waals surface area (Å²) < 4.78 is 33.7. The molecule has 0 bridgehead atoms. The fraction of sp³-hybridized carbons (Fsp3) is 0.103. The molecule has 0 atom stereocenters. The minimum atomic E-state index is -3.98. The summed E-state index contributed by atoms with van der Waals surface area (Å²) >= 11 is 6.00. The molecule has 194 valence electrons. The molecular formula is C29H26ClN3O4S. The Bertz CT molecular complexity index is 1530. The number of ether oxygens (including phenoxy) is 1. The highest BCUT2D eigenvalue weighted by atomic mass is 35.5. The molecule has 0 unspecified atom stereocenters. The van der Waals surface area contributed by atoms with E-state index in [4.69, 9.17) is 16.3 Å². The third-order valence-electron chi connectivity index (χ3n) is 5.58. The van der Waals surface area contributed by atoms with Gasteiger partial charge in [0.1, 0.15) is 18.9 Å². The zero-order valence-electron chi connectivity index (χ0n) is 20.6. The van der Waals surface area contributed by atoms with Gasteiger partial charge >= 0.3 is 0 Å². The highest BCUT2D eigenvalue weighted by Gasteiger charge is 2.27. The second-order valence-corrected chi connectivity index (χ2v) is 10.7. The summed E-state index contributed by atoms with van der Waals surface area (Å²) in [4.78, 5) is 12.8. The van der Waals surface area contributed by atoms with Crippen LogP contribution in [0.5, 0.6) is 5.75 Å². The Balaban J connectivity index is 1.40. The number of para-hydroxylation sites is 1. The maximum atomic E-state index is 13.4. The van der Waals surface area contributed by atoms with Crippen LogP contribution in [-0.2, 0) is 21.4 Å². The van der Waals surface area contributed by atoms with Gasteiger partial charge in [-0.25, -0.2) is 13.8 Å². The number of rotatable bonds is 10. The van der Waals surface area contributed by atoms with Crippen LogP contribution in [0.4, 0.5) is 5.69 Å². The number of hydrogen-bond acceptors (Lipinski definition) is 5. The highest BCUT2D eigenvalue weighted by molar-refractivity contribution is 7.92. The summed E-state index contributed by atoms with van der Waals surface area (Å²) in [5.41, 5.74) is 5.25. The van der Waals surface area contributed by atoms with Gasteiger partial charge in [0.25, 0.3) is 15.9 Å². The Labute approximate surface area is 227 Å². The number of benzene rings is 4. The van der Waals surface area contributed by atoms with Gasteiger partial charge in [0.15, 0.2) is 0 Å². The lowest BCUT2D eigenvalue weighted by Crippen LogP contribution is -2.40. The van der Waals surface area contributed by atoms with E-state index in [1.54, 1.807) is 73.7 Å². The van der Waals surface area contributed by atoms with Gasteiger partial charge in [0.05, 0.1) is 16.8 Å². The largest absolute Gasteiger partial charge is 0.489 e. The van der Waals surface area contributed by atoms with Gasteiger partial charge in [0, 0.05) is 5.02 Å². The third-order valence-corrected chi connectivity index (χ3v) is 7.59. The molecule has 1 N–H and O–H groups in total. The summed E-state index contributed by atoms with van der Waals surface area (Å²) in [5, 5.41) is 4.65. The summed E-state index contributed by atoms with van der Waals surface area (Å²) in [6, 6.07) is 29.6. The zero-order chi connectivity index (χ0) is 27.0. The van der Waals surface area contributed by atoms with Gasteiger partial charge in [-0.3, -0.25) is 9.10 Å². The van der Waals surface area contributed by atoms with Gasteiger partial charge < -0.3 is 4.74 Å². The molecule has 4 aromatic rings. The molecule has 0 fully saturated rings. The van der Waals surface area contributed by atoms with E-state index < -0.39 is 22.5 Å². The van der Waals surface area contributed by atoms with Crippen molar-refractivity contribution in [1.82, 2.24) is 5.43 Å². The number of carbonyl (C=O) groups excluding carboxylic acids is 1. The van der Waals surface area contributed by atoms with Crippen molar-refractivity contribution < 1.29 is 17.9 Å². The minimum absolute atomic E-state index is 0.0947. The number of hydrazone groups is 1. The number of amides is 1. The first kappa shape index (κ1) is 26.9. The predicted molar refractivity (Wildman–Crippen MR) is 150 cm³/mol. The summed E-state index contributed by atoms with van der Waals surface area (Å²) in [6.07, 6.45) is 1.47. The molecule has 0 heterocycles. The van der Waals surface area contributed by atoms with Crippen molar-refractivity contribution in [2.45, 2.75) is 18.4 Å². The van der Waals surface area contributed by atoms with Crippen molar-refractivity contribution in [2.24, 2.45) is 5.10 Å². The smallest absolute Gasteiger partial charge is 0.264 e. The average Bonchev–Trinajstić information content (AvgIpc) is 2.92. The average molecular weight is 548 g/mol. The summed E-state index contributed by atoms with van der Waals surface area (Å²) in [6.45, 7) is 1.74. The molecule has 0 saturated heterocycles. The first-order valence-corrected chi connectivity index (χ1v) is 13.6. The number of nitrogens with one attached hydrogen (secondary N) is 1. The van der Waals surface area contributed by atoms with E-state index in [-0.39, 0.29) is 4.90 Å². The van der Waals surface area contributed by atoms with Crippen molar-refractivity contribution in [2.75, 3.05) is 10.8 Å². The second-order valence-electron chi connectivity index (χ2n) is 8.39. The Morgan fingerprint density at radius 3 is 2.37 bits per heavy atom. The maximum Gasteiger partial charge on any atom is 0.264 e. The monoisotopic (exact) mass is 547 g/mol. The van der Waals surface area contributed by atoms with E-state index in [2.05, 4.69) is 10.5 Å². The van der Waals surface area contributed by atoms with Crippen LogP contribution in [-0.4, -0.2) is 27.1 Å². The topological polar surface area (TPSA) is 88.1 Å². The predicted octanol–water partition coefficient (Wildman–Crippen LogP) is 5.57. The molecule has 0 aliphatic rings. The Kier molecular flexibility index (Phi) is 8.78. The van der Waals surface area contributed by atoms with Gasteiger partial charge in [-0.05, 0) is 78.2 Å². The lowest BCUT2D eigenvalue weighted by atomic mass is 10.2. The van der Waals surface area contributed by atoms with E-state index in [0.717, 1.165) is 21.0 Å². The lowest BCUT2D eigenvalue weighted by molar-refractivity contribution is -0.119. The molecule has 0 aliphatic heterocycles. The standard InChI is InChI=1S/C29H26ClN3O4S/c1-22-8-5-6-13-28(22)33(38(35,36)27-11-3-2-4-12-27)20-29(34)32-31-19-23-14-16-26(17-15-23)37-21-24-9-7-10-25(30)18-24/h2-19H,20-21H2,1H3,(H,32,34)/b31-19-.